The zero-order chi connectivity index (χ0) is 18.8. The third-order valence-electron chi connectivity index (χ3n) is 4.36. The van der Waals surface area contributed by atoms with Gasteiger partial charge in [0.2, 0.25) is 0 Å². The van der Waals surface area contributed by atoms with Gasteiger partial charge in [-0.3, -0.25) is 9.78 Å². The summed E-state index contributed by atoms with van der Waals surface area (Å²) in [6, 6.07) is 9.37. The van der Waals surface area contributed by atoms with Crippen molar-refractivity contribution in [3.8, 4) is 0 Å². The molecular formula is C20H23ClN4O. The van der Waals surface area contributed by atoms with Crippen molar-refractivity contribution in [2.75, 3.05) is 14.1 Å². The molecule has 26 heavy (non-hydrogen) atoms. The Labute approximate surface area is 158 Å². The Morgan fingerprint density at radius 2 is 2.08 bits per heavy atom. The van der Waals surface area contributed by atoms with Crippen LogP contribution in [0.25, 0.3) is 10.9 Å². The largest absolute Gasteiger partial charge is 0.350 e. The SMILES string of the molecule is CC(NC(=O)c1ccc(CN(C)C)nc1)c1cn(C)c2cc(Cl)ccc12. The first-order valence-corrected chi connectivity index (χ1v) is 8.88. The number of amides is 1. The monoisotopic (exact) mass is 370 g/mol. The summed E-state index contributed by atoms with van der Waals surface area (Å²) in [7, 11) is 5.95. The summed E-state index contributed by atoms with van der Waals surface area (Å²) in [4.78, 5) is 19.0. The number of carbonyl (C=O) groups excluding carboxylic acids is 1. The molecule has 3 aromatic rings. The highest BCUT2D eigenvalue weighted by Gasteiger charge is 2.16. The third-order valence-corrected chi connectivity index (χ3v) is 4.60. The van der Waals surface area contributed by atoms with Crippen LogP contribution in [0.1, 0.15) is 34.6 Å². The number of nitrogens with one attached hydrogen (secondary N) is 1. The fraction of sp³-hybridized carbons (Fsp3) is 0.300. The second-order valence-corrected chi connectivity index (χ2v) is 7.26. The highest BCUT2D eigenvalue weighted by atomic mass is 35.5. The summed E-state index contributed by atoms with van der Waals surface area (Å²) < 4.78 is 2.02. The van der Waals surface area contributed by atoms with E-state index in [1.54, 1.807) is 6.20 Å². The molecule has 0 bridgehead atoms. The number of fused-ring (bicyclic) bond motifs is 1. The zero-order valence-electron chi connectivity index (χ0n) is 15.5. The maximum atomic E-state index is 12.6. The Kier molecular flexibility index (Phi) is 5.30. The molecule has 2 aromatic heterocycles. The topological polar surface area (TPSA) is 50.2 Å². The molecule has 3 rings (SSSR count). The molecule has 1 unspecified atom stereocenters. The minimum absolute atomic E-state index is 0.131. The molecule has 1 amide bonds. The van der Waals surface area contributed by atoms with Crippen LogP contribution < -0.4 is 5.32 Å². The van der Waals surface area contributed by atoms with Crippen LogP contribution in [0.4, 0.5) is 0 Å². The number of pyridine rings is 1. The molecule has 0 saturated carbocycles. The van der Waals surface area contributed by atoms with Crippen LogP contribution in [0, 0.1) is 0 Å². The molecule has 0 aliphatic carbocycles. The molecule has 1 N–H and O–H groups in total. The predicted molar refractivity (Wildman–Crippen MR) is 105 cm³/mol. The second-order valence-electron chi connectivity index (χ2n) is 6.83. The first-order valence-electron chi connectivity index (χ1n) is 8.50. The van der Waals surface area contributed by atoms with E-state index >= 15 is 0 Å². The average molecular weight is 371 g/mol. The quantitative estimate of drug-likeness (QED) is 0.743. The van der Waals surface area contributed by atoms with Crippen LogP contribution in [0.15, 0.2) is 42.7 Å². The van der Waals surface area contributed by atoms with Crippen LogP contribution in [-0.4, -0.2) is 34.5 Å². The van der Waals surface area contributed by atoms with Gasteiger partial charge in [0.05, 0.1) is 17.3 Å². The molecule has 0 aliphatic heterocycles. The van der Waals surface area contributed by atoms with Gasteiger partial charge in [-0.1, -0.05) is 17.7 Å². The number of hydrogen-bond acceptors (Lipinski definition) is 3. The van der Waals surface area contributed by atoms with E-state index in [9.17, 15) is 4.79 Å². The number of hydrogen-bond donors (Lipinski definition) is 1. The minimum Gasteiger partial charge on any atom is -0.350 e. The maximum absolute atomic E-state index is 12.6. The van der Waals surface area contributed by atoms with Gasteiger partial charge < -0.3 is 14.8 Å². The number of halogens is 1. The summed E-state index contributed by atoms with van der Waals surface area (Å²) in [5, 5.41) is 4.84. The number of aryl methyl sites for hydroxylation is 1. The van der Waals surface area contributed by atoms with Gasteiger partial charge in [0, 0.05) is 41.9 Å². The lowest BCUT2D eigenvalue weighted by molar-refractivity contribution is 0.0939. The van der Waals surface area contributed by atoms with Gasteiger partial charge in [-0.15, -0.1) is 0 Å². The summed E-state index contributed by atoms with van der Waals surface area (Å²) >= 11 is 6.10. The van der Waals surface area contributed by atoms with E-state index in [1.807, 2.05) is 74.1 Å². The summed E-state index contributed by atoms with van der Waals surface area (Å²) in [5.41, 5.74) is 3.60. The normalized spacial score (nSPS) is 12.5. The van der Waals surface area contributed by atoms with Gasteiger partial charge in [-0.25, -0.2) is 0 Å². The van der Waals surface area contributed by atoms with Crippen molar-refractivity contribution < 1.29 is 4.79 Å². The number of nitrogens with zero attached hydrogens (tertiary/aromatic N) is 3. The second kappa shape index (κ2) is 7.48. The first-order chi connectivity index (χ1) is 12.3. The van der Waals surface area contributed by atoms with Crippen molar-refractivity contribution in [1.82, 2.24) is 19.8 Å². The molecule has 1 atom stereocenters. The van der Waals surface area contributed by atoms with Crippen LogP contribution in [0.3, 0.4) is 0 Å². The Morgan fingerprint density at radius 1 is 1.31 bits per heavy atom. The molecular weight excluding hydrogens is 348 g/mol. The molecule has 0 spiro atoms. The first kappa shape index (κ1) is 18.4. The maximum Gasteiger partial charge on any atom is 0.253 e. The summed E-state index contributed by atoms with van der Waals surface area (Å²) in [5.74, 6) is -0.132. The van der Waals surface area contributed by atoms with E-state index in [4.69, 9.17) is 11.6 Å². The van der Waals surface area contributed by atoms with Crippen molar-refractivity contribution in [2.45, 2.75) is 19.5 Å². The fourth-order valence-corrected chi connectivity index (χ4v) is 3.23. The Balaban J connectivity index is 1.77. The molecule has 5 nitrogen and oxygen atoms in total. The minimum atomic E-state index is -0.132. The molecule has 2 heterocycles. The van der Waals surface area contributed by atoms with Crippen LogP contribution in [0.2, 0.25) is 5.02 Å². The molecule has 136 valence electrons. The summed E-state index contributed by atoms with van der Waals surface area (Å²) in [6.07, 6.45) is 3.66. The standard InChI is InChI=1S/C20H23ClN4O/c1-13(18-12-25(4)19-9-15(21)6-8-17(18)19)23-20(26)14-5-7-16(22-10-14)11-24(2)3/h5-10,12-13H,11H2,1-4H3,(H,23,26). The lowest BCUT2D eigenvalue weighted by atomic mass is 10.1. The van der Waals surface area contributed by atoms with E-state index in [2.05, 4.69) is 10.3 Å². The number of benzene rings is 1. The highest BCUT2D eigenvalue weighted by molar-refractivity contribution is 6.31. The lowest BCUT2D eigenvalue weighted by Gasteiger charge is -2.14. The van der Waals surface area contributed by atoms with Gasteiger partial charge in [0.25, 0.3) is 5.91 Å². The lowest BCUT2D eigenvalue weighted by Crippen LogP contribution is -2.26. The van der Waals surface area contributed by atoms with Crippen molar-refractivity contribution in [2.24, 2.45) is 7.05 Å². The highest BCUT2D eigenvalue weighted by Crippen LogP contribution is 2.28. The van der Waals surface area contributed by atoms with Crippen LogP contribution >= 0.6 is 11.6 Å². The van der Waals surface area contributed by atoms with Crippen molar-refractivity contribution in [3.63, 3.8) is 0 Å². The predicted octanol–water partition coefficient (Wildman–Crippen LogP) is 3.78. The number of aromatic nitrogens is 2. The smallest absolute Gasteiger partial charge is 0.253 e. The molecule has 0 fully saturated rings. The number of rotatable bonds is 5. The van der Waals surface area contributed by atoms with Gasteiger partial charge >= 0.3 is 0 Å². The Morgan fingerprint density at radius 3 is 2.73 bits per heavy atom. The van der Waals surface area contributed by atoms with E-state index in [0.717, 1.165) is 28.7 Å². The Hall–Kier alpha value is -2.37. The van der Waals surface area contributed by atoms with Crippen molar-refractivity contribution in [3.05, 3.63) is 64.6 Å². The third kappa shape index (κ3) is 3.89. The van der Waals surface area contributed by atoms with E-state index < -0.39 is 0 Å². The van der Waals surface area contributed by atoms with Crippen LogP contribution in [-0.2, 0) is 13.6 Å². The van der Waals surface area contributed by atoms with E-state index in [1.165, 1.54) is 0 Å². The average Bonchev–Trinajstić information content (AvgIpc) is 2.91. The molecule has 6 heteroatoms. The molecule has 0 aliphatic rings. The van der Waals surface area contributed by atoms with Gasteiger partial charge in [-0.2, -0.15) is 0 Å². The number of carbonyl (C=O) groups is 1. The molecule has 1 aromatic carbocycles. The zero-order valence-corrected chi connectivity index (χ0v) is 16.2. The van der Waals surface area contributed by atoms with Crippen molar-refractivity contribution >= 4 is 28.4 Å². The van der Waals surface area contributed by atoms with Crippen LogP contribution in [0.5, 0.6) is 0 Å². The van der Waals surface area contributed by atoms with Gasteiger partial charge in [-0.05, 0) is 50.8 Å². The van der Waals surface area contributed by atoms with Crippen molar-refractivity contribution in [1.29, 1.82) is 0 Å². The molecule has 0 radical (unpaired) electrons. The van der Waals surface area contributed by atoms with Gasteiger partial charge in [0.1, 0.15) is 0 Å². The molecule has 0 saturated heterocycles. The van der Waals surface area contributed by atoms with E-state index in [0.29, 0.717) is 10.6 Å². The van der Waals surface area contributed by atoms with E-state index in [-0.39, 0.29) is 11.9 Å². The Bertz CT molecular complexity index is 931. The summed E-state index contributed by atoms with van der Waals surface area (Å²) in [6.45, 7) is 2.73. The van der Waals surface area contributed by atoms with Gasteiger partial charge in [0.15, 0.2) is 0 Å². The fourth-order valence-electron chi connectivity index (χ4n) is 3.07.